The smallest absolute Gasteiger partial charge is 0.0661 e. The van der Waals surface area contributed by atoms with Crippen molar-refractivity contribution in [2.45, 2.75) is 64.5 Å². The van der Waals surface area contributed by atoms with Gasteiger partial charge in [0.15, 0.2) is 0 Å². The highest BCUT2D eigenvalue weighted by Crippen LogP contribution is 2.54. The first-order valence-electron chi connectivity index (χ1n) is 6.98. The monoisotopic (exact) mass is 225 g/mol. The van der Waals surface area contributed by atoms with E-state index in [4.69, 9.17) is 4.74 Å². The second-order valence-electron chi connectivity index (χ2n) is 6.06. The van der Waals surface area contributed by atoms with Gasteiger partial charge in [0.1, 0.15) is 0 Å². The molecule has 0 aromatic rings. The van der Waals surface area contributed by atoms with Crippen molar-refractivity contribution in [2.75, 3.05) is 13.7 Å². The van der Waals surface area contributed by atoms with E-state index in [2.05, 4.69) is 26.2 Å². The van der Waals surface area contributed by atoms with Crippen molar-refractivity contribution in [2.24, 2.45) is 11.3 Å². The summed E-state index contributed by atoms with van der Waals surface area (Å²) in [5, 5.41) is 3.48. The van der Waals surface area contributed by atoms with E-state index in [9.17, 15) is 0 Å². The first-order chi connectivity index (χ1) is 7.69. The molecule has 0 aliphatic heterocycles. The number of ether oxygens (including phenoxy) is 1. The molecule has 0 aromatic carbocycles. The molecule has 1 spiro atoms. The molecule has 2 aliphatic carbocycles. The average molecular weight is 225 g/mol. The van der Waals surface area contributed by atoms with Crippen molar-refractivity contribution >= 4 is 0 Å². The molecular formula is C14H27NO. The SMILES string of the molecule is CNC1CC(OCCC(C)C)C12CCCC2. The summed E-state index contributed by atoms with van der Waals surface area (Å²) in [5.74, 6) is 0.764. The Bertz CT molecular complexity index is 221. The van der Waals surface area contributed by atoms with Crippen LogP contribution in [-0.2, 0) is 4.74 Å². The van der Waals surface area contributed by atoms with Crippen LogP contribution in [0.4, 0.5) is 0 Å². The Morgan fingerprint density at radius 3 is 2.56 bits per heavy atom. The molecule has 0 saturated heterocycles. The first kappa shape index (κ1) is 12.4. The van der Waals surface area contributed by atoms with Gasteiger partial charge in [-0.25, -0.2) is 0 Å². The zero-order valence-electron chi connectivity index (χ0n) is 11.1. The quantitative estimate of drug-likeness (QED) is 0.776. The lowest BCUT2D eigenvalue weighted by Crippen LogP contribution is -2.61. The van der Waals surface area contributed by atoms with Crippen LogP contribution in [0.2, 0.25) is 0 Å². The van der Waals surface area contributed by atoms with E-state index in [1.54, 1.807) is 0 Å². The number of hydrogen-bond donors (Lipinski definition) is 1. The Balaban J connectivity index is 1.82. The third kappa shape index (κ3) is 2.14. The Morgan fingerprint density at radius 2 is 2.00 bits per heavy atom. The number of nitrogens with one attached hydrogen (secondary N) is 1. The van der Waals surface area contributed by atoms with Crippen molar-refractivity contribution < 1.29 is 4.74 Å². The Labute approximate surface area is 100 Å². The van der Waals surface area contributed by atoms with E-state index in [-0.39, 0.29) is 0 Å². The highest BCUT2D eigenvalue weighted by Gasteiger charge is 2.55. The van der Waals surface area contributed by atoms with Gasteiger partial charge in [-0.1, -0.05) is 26.7 Å². The Hall–Kier alpha value is -0.0800. The molecule has 2 fully saturated rings. The molecule has 0 radical (unpaired) electrons. The van der Waals surface area contributed by atoms with E-state index in [1.165, 1.54) is 38.5 Å². The predicted octanol–water partition coefficient (Wildman–Crippen LogP) is 2.97. The molecule has 2 unspecified atom stereocenters. The molecule has 0 bridgehead atoms. The second-order valence-corrected chi connectivity index (χ2v) is 6.06. The van der Waals surface area contributed by atoms with Gasteiger partial charge in [-0.05, 0) is 38.6 Å². The van der Waals surface area contributed by atoms with Crippen LogP contribution in [0.5, 0.6) is 0 Å². The van der Waals surface area contributed by atoms with Gasteiger partial charge < -0.3 is 10.1 Å². The average Bonchev–Trinajstić information content (AvgIpc) is 2.73. The summed E-state index contributed by atoms with van der Waals surface area (Å²) in [6.45, 7) is 5.50. The lowest BCUT2D eigenvalue weighted by molar-refractivity contribution is -0.133. The van der Waals surface area contributed by atoms with E-state index < -0.39 is 0 Å². The van der Waals surface area contributed by atoms with Crippen molar-refractivity contribution in [1.29, 1.82) is 0 Å². The topological polar surface area (TPSA) is 21.3 Å². The van der Waals surface area contributed by atoms with Crippen LogP contribution in [0.15, 0.2) is 0 Å². The lowest BCUT2D eigenvalue weighted by Gasteiger charge is -2.54. The van der Waals surface area contributed by atoms with Gasteiger partial charge in [0.25, 0.3) is 0 Å². The summed E-state index contributed by atoms with van der Waals surface area (Å²) in [4.78, 5) is 0. The summed E-state index contributed by atoms with van der Waals surface area (Å²) in [5.41, 5.74) is 0.506. The van der Waals surface area contributed by atoms with Crippen LogP contribution >= 0.6 is 0 Å². The molecular weight excluding hydrogens is 198 g/mol. The van der Waals surface area contributed by atoms with Gasteiger partial charge in [-0.3, -0.25) is 0 Å². The van der Waals surface area contributed by atoms with E-state index in [0.29, 0.717) is 11.5 Å². The zero-order valence-corrected chi connectivity index (χ0v) is 11.1. The van der Waals surface area contributed by atoms with Gasteiger partial charge in [-0.15, -0.1) is 0 Å². The molecule has 2 rings (SSSR count). The largest absolute Gasteiger partial charge is 0.378 e. The molecule has 94 valence electrons. The summed E-state index contributed by atoms with van der Waals surface area (Å²) in [6.07, 6.45) is 8.55. The van der Waals surface area contributed by atoms with Crippen LogP contribution in [0.3, 0.4) is 0 Å². The molecule has 2 atom stereocenters. The molecule has 0 aromatic heterocycles. The molecule has 0 amide bonds. The predicted molar refractivity (Wildman–Crippen MR) is 67.6 cm³/mol. The fraction of sp³-hybridized carbons (Fsp3) is 1.00. The Morgan fingerprint density at radius 1 is 1.31 bits per heavy atom. The normalized spacial score (nSPS) is 32.2. The van der Waals surface area contributed by atoms with Gasteiger partial charge >= 0.3 is 0 Å². The molecule has 16 heavy (non-hydrogen) atoms. The van der Waals surface area contributed by atoms with Gasteiger partial charge in [0, 0.05) is 18.1 Å². The van der Waals surface area contributed by atoms with Gasteiger partial charge in [0.2, 0.25) is 0 Å². The third-order valence-electron chi connectivity index (χ3n) is 4.68. The highest BCUT2D eigenvalue weighted by atomic mass is 16.5. The minimum absolute atomic E-state index is 0.506. The first-order valence-corrected chi connectivity index (χ1v) is 6.98. The highest BCUT2D eigenvalue weighted by molar-refractivity contribution is 5.09. The number of rotatable bonds is 5. The van der Waals surface area contributed by atoms with E-state index in [0.717, 1.165) is 18.6 Å². The van der Waals surface area contributed by atoms with Crippen LogP contribution in [0, 0.1) is 11.3 Å². The minimum Gasteiger partial charge on any atom is -0.378 e. The second kappa shape index (κ2) is 5.05. The molecule has 2 saturated carbocycles. The van der Waals surface area contributed by atoms with Crippen molar-refractivity contribution in [3.05, 3.63) is 0 Å². The standard InChI is InChI=1S/C14H27NO/c1-11(2)6-9-16-13-10-12(15-3)14(13)7-4-5-8-14/h11-13,15H,4-10H2,1-3H3. The third-order valence-corrected chi connectivity index (χ3v) is 4.68. The Kier molecular flexibility index (Phi) is 3.91. The van der Waals surface area contributed by atoms with Crippen molar-refractivity contribution in [1.82, 2.24) is 5.32 Å². The van der Waals surface area contributed by atoms with Crippen LogP contribution in [0.25, 0.3) is 0 Å². The van der Waals surface area contributed by atoms with Crippen LogP contribution in [0.1, 0.15) is 52.4 Å². The zero-order chi connectivity index (χ0) is 11.6. The van der Waals surface area contributed by atoms with Crippen LogP contribution < -0.4 is 5.32 Å². The summed E-state index contributed by atoms with van der Waals surface area (Å²) in [7, 11) is 2.11. The lowest BCUT2D eigenvalue weighted by atomic mass is 9.60. The van der Waals surface area contributed by atoms with Gasteiger partial charge in [0.05, 0.1) is 6.10 Å². The summed E-state index contributed by atoms with van der Waals surface area (Å²) in [6, 6.07) is 0.721. The van der Waals surface area contributed by atoms with Gasteiger partial charge in [-0.2, -0.15) is 0 Å². The van der Waals surface area contributed by atoms with E-state index >= 15 is 0 Å². The summed E-state index contributed by atoms with van der Waals surface area (Å²) >= 11 is 0. The van der Waals surface area contributed by atoms with Crippen LogP contribution in [-0.4, -0.2) is 25.8 Å². The maximum absolute atomic E-state index is 6.12. The molecule has 0 heterocycles. The molecule has 2 heteroatoms. The maximum atomic E-state index is 6.12. The van der Waals surface area contributed by atoms with Crippen molar-refractivity contribution in [3.63, 3.8) is 0 Å². The molecule has 2 nitrogen and oxygen atoms in total. The molecule has 1 N–H and O–H groups in total. The maximum Gasteiger partial charge on any atom is 0.0661 e. The van der Waals surface area contributed by atoms with Crippen molar-refractivity contribution in [3.8, 4) is 0 Å². The summed E-state index contributed by atoms with van der Waals surface area (Å²) < 4.78 is 6.12. The fourth-order valence-electron chi connectivity index (χ4n) is 3.54. The fourth-order valence-corrected chi connectivity index (χ4v) is 3.54. The molecule has 2 aliphatic rings. The van der Waals surface area contributed by atoms with E-state index in [1.807, 2.05) is 0 Å². The number of hydrogen-bond acceptors (Lipinski definition) is 2. The minimum atomic E-state index is 0.506.